The zero-order valence-electron chi connectivity index (χ0n) is 15.8. The lowest BCUT2D eigenvalue weighted by Crippen LogP contribution is -2.37. The van der Waals surface area contributed by atoms with Gasteiger partial charge in [0.1, 0.15) is 0 Å². The average Bonchev–Trinajstić information content (AvgIpc) is 3.11. The summed E-state index contributed by atoms with van der Waals surface area (Å²) in [6, 6.07) is 1.91. The SMILES string of the molecule is COCC1(CO)CCN(C(=O)c2cc(C(C)C)n(C(C)(C)C)n2)C1. The lowest BCUT2D eigenvalue weighted by molar-refractivity contribution is 0.0342. The molecule has 0 spiro atoms. The third-order valence-corrected chi connectivity index (χ3v) is 4.69. The van der Waals surface area contributed by atoms with Crippen LogP contribution in [0.5, 0.6) is 0 Å². The molecule has 24 heavy (non-hydrogen) atoms. The van der Waals surface area contributed by atoms with E-state index in [9.17, 15) is 9.90 Å². The number of nitrogens with zero attached hydrogens (tertiary/aromatic N) is 3. The highest BCUT2D eigenvalue weighted by Gasteiger charge is 2.40. The second-order valence-electron chi connectivity index (χ2n) is 8.26. The van der Waals surface area contributed by atoms with Crippen molar-refractivity contribution in [1.82, 2.24) is 14.7 Å². The van der Waals surface area contributed by atoms with Crippen LogP contribution in [0.15, 0.2) is 6.07 Å². The van der Waals surface area contributed by atoms with E-state index in [1.807, 2.05) is 10.7 Å². The lowest BCUT2D eigenvalue weighted by atomic mass is 9.89. The molecule has 1 aromatic heterocycles. The zero-order chi connectivity index (χ0) is 18.1. The van der Waals surface area contributed by atoms with Crippen LogP contribution < -0.4 is 0 Å². The number of likely N-dealkylation sites (tertiary alicyclic amines) is 1. The molecule has 1 aliphatic rings. The van der Waals surface area contributed by atoms with Gasteiger partial charge in [-0.15, -0.1) is 0 Å². The maximum atomic E-state index is 12.9. The predicted octanol–water partition coefficient (Wildman–Crippen LogP) is 2.23. The van der Waals surface area contributed by atoms with Crippen LogP contribution in [0.1, 0.15) is 63.1 Å². The first-order valence-electron chi connectivity index (χ1n) is 8.63. The van der Waals surface area contributed by atoms with Crippen molar-refractivity contribution >= 4 is 5.91 Å². The van der Waals surface area contributed by atoms with E-state index < -0.39 is 0 Å². The minimum Gasteiger partial charge on any atom is -0.396 e. The van der Waals surface area contributed by atoms with E-state index in [4.69, 9.17) is 4.74 Å². The van der Waals surface area contributed by atoms with Gasteiger partial charge in [0.25, 0.3) is 5.91 Å². The molecule has 0 aliphatic carbocycles. The Morgan fingerprint density at radius 3 is 2.58 bits per heavy atom. The van der Waals surface area contributed by atoms with Crippen LogP contribution >= 0.6 is 0 Å². The Bertz CT molecular complexity index is 589. The number of aromatic nitrogens is 2. The lowest BCUT2D eigenvalue weighted by Gasteiger charge is -2.25. The van der Waals surface area contributed by atoms with E-state index >= 15 is 0 Å². The molecule has 2 heterocycles. The normalized spacial score (nSPS) is 21.8. The van der Waals surface area contributed by atoms with Gasteiger partial charge >= 0.3 is 0 Å². The summed E-state index contributed by atoms with van der Waals surface area (Å²) in [7, 11) is 1.63. The highest BCUT2D eigenvalue weighted by molar-refractivity contribution is 5.92. The summed E-state index contributed by atoms with van der Waals surface area (Å²) in [6.45, 7) is 12.1. The van der Waals surface area contributed by atoms with Crippen LogP contribution in [0, 0.1) is 5.41 Å². The summed E-state index contributed by atoms with van der Waals surface area (Å²) in [5.41, 5.74) is 1.03. The summed E-state index contributed by atoms with van der Waals surface area (Å²) in [5.74, 6) is 0.230. The Kier molecular flexibility index (Phi) is 5.40. The van der Waals surface area contributed by atoms with Crippen molar-refractivity contribution in [1.29, 1.82) is 0 Å². The Morgan fingerprint density at radius 2 is 2.12 bits per heavy atom. The fraction of sp³-hybridized carbons (Fsp3) is 0.778. The van der Waals surface area contributed by atoms with Gasteiger partial charge < -0.3 is 14.7 Å². The summed E-state index contributed by atoms with van der Waals surface area (Å²) >= 11 is 0. The van der Waals surface area contributed by atoms with E-state index in [1.54, 1.807) is 12.0 Å². The van der Waals surface area contributed by atoms with Crippen LogP contribution in [0.2, 0.25) is 0 Å². The number of carbonyl (C=O) groups is 1. The van der Waals surface area contributed by atoms with Crippen molar-refractivity contribution in [2.45, 2.75) is 52.5 Å². The third-order valence-electron chi connectivity index (χ3n) is 4.69. The molecule has 1 saturated heterocycles. The second-order valence-corrected chi connectivity index (χ2v) is 8.26. The van der Waals surface area contributed by atoms with Gasteiger partial charge in [-0.05, 0) is 39.2 Å². The number of hydrogen-bond acceptors (Lipinski definition) is 4. The van der Waals surface area contributed by atoms with Crippen molar-refractivity contribution < 1.29 is 14.6 Å². The van der Waals surface area contributed by atoms with Gasteiger partial charge in [-0.1, -0.05) is 13.8 Å². The van der Waals surface area contributed by atoms with E-state index in [0.717, 1.165) is 12.1 Å². The van der Waals surface area contributed by atoms with Crippen molar-refractivity contribution in [3.63, 3.8) is 0 Å². The van der Waals surface area contributed by atoms with Crippen molar-refractivity contribution in [2.75, 3.05) is 33.4 Å². The number of rotatable bonds is 5. The second kappa shape index (κ2) is 6.84. The monoisotopic (exact) mass is 337 g/mol. The molecule has 0 radical (unpaired) electrons. The van der Waals surface area contributed by atoms with Crippen LogP contribution in [0.25, 0.3) is 0 Å². The number of amides is 1. The minimum absolute atomic E-state index is 0.0261. The Balaban J connectivity index is 2.25. The number of ether oxygens (including phenoxy) is 1. The first-order chi connectivity index (χ1) is 11.1. The number of aliphatic hydroxyl groups is 1. The van der Waals surface area contributed by atoms with Crippen LogP contribution in [-0.4, -0.2) is 59.1 Å². The van der Waals surface area contributed by atoms with Crippen molar-refractivity contribution in [3.8, 4) is 0 Å². The molecule has 6 heteroatoms. The first kappa shape index (κ1) is 18.9. The molecule has 1 aliphatic heterocycles. The molecule has 1 unspecified atom stereocenters. The number of hydrogen-bond donors (Lipinski definition) is 1. The van der Waals surface area contributed by atoms with Gasteiger partial charge in [0.15, 0.2) is 5.69 Å². The molecule has 136 valence electrons. The number of methoxy groups -OCH3 is 1. The summed E-state index contributed by atoms with van der Waals surface area (Å²) in [6.07, 6.45) is 0.750. The molecule has 1 N–H and O–H groups in total. The summed E-state index contributed by atoms with van der Waals surface area (Å²) in [4.78, 5) is 14.7. The molecule has 1 atom stereocenters. The molecule has 2 rings (SSSR count). The van der Waals surface area contributed by atoms with Crippen molar-refractivity contribution in [2.24, 2.45) is 5.41 Å². The summed E-state index contributed by atoms with van der Waals surface area (Å²) in [5, 5.41) is 14.3. The first-order valence-corrected chi connectivity index (χ1v) is 8.63. The molecule has 1 aromatic rings. The maximum Gasteiger partial charge on any atom is 0.274 e. The predicted molar refractivity (Wildman–Crippen MR) is 93.2 cm³/mol. The van der Waals surface area contributed by atoms with Crippen molar-refractivity contribution in [3.05, 3.63) is 17.5 Å². The highest BCUT2D eigenvalue weighted by atomic mass is 16.5. The maximum absolute atomic E-state index is 12.9. The van der Waals surface area contributed by atoms with E-state index in [-0.39, 0.29) is 23.5 Å². The molecule has 1 fully saturated rings. The van der Waals surface area contributed by atoms with E-state index in [2.05, 4.69) is 39.7 Å². The minimum atomic E-state index is -0.349. The fourth-order valence-electron chi connectivity index (χ4n) is 3.32. The zero-order valence-corrected chi connectivity index (χ0v) is 15.8. The average molecular weight is 337 g/mol. The molecular weight excluding hydrogens is 306 g/mol. The van der Waals surface area contributed by atoms with Gasteiger partial charge in [-0.25, -0.2) is 0 Å². The fourth-order valence-corrected chi connectivity index (χ4v) is 3.32. The molecule has 0 saturated carbocycles. The van der Waals surface area contributed by atoms with Crippen LogP contribution in [0.4, 0.5) is 0 Å². The van der Waals surface area contributed by atoms with E-state index in [1.165, 1.54) is 0 Å². The highest BCUT2D eigenvalue weighted by Crippen LogP contribution is 2.32. The van der Waals surface area contributed by atoms with Gasteiger partial charge in [-0.2, -0.15) is 5.10 Å². The molecule has 0 bridgehead atoms. The molecule has 6 nitrogen and oxygen atoms in total. The van der Waals surface area contributed by atoms with Gasteiger partial charge in [0, 0.05) is 31.3 Å². The third kappa shape index (κ3) is 3.64. The Hall–Kier alpha value is -1.40. The Morgan fingerprint density at radius 1 is 1.46 bits per heavy atom. The molecule has 0 aromatic carbocycles. The van der Waals surface area contributed by atoms with E-state index in [0.29, 0.717) is 31.3 Å². The van der Waals surface area contributed by atoms with Gasteiger partial charge in [-0.3, -0.25) is 9.48 Å². The molecular formula is C18H31N3O3. The number of carbonyl (C=O) groups excluding carboxylic acids is 1. The Labute approximate surface area is 144 Å². The number of aliphatic hydroxyl groups excluding tert-OH is 1. The van der Waals surface area contributed by atoms with Crippen LogP contribution in [0.3, 0.4) is 0 Å². The van der Waals surface area contributed by atoms with Gasteiger partial charge in [0.2, 0.25) is 0 Å². The largest absolute Gasteiger partial charge is 0.396 e. The van der Waals surface area contributed by atoms with Gasteiger partial charge in [0.05, 0.1) is 18.8 Å². The standard InChI is InChI=1S/C18H31N3O3/c1-13(2)15-9-14(19-21(15)17(3,4)5)16(23)20-8-7-18(10-20,11-22)12-24-6/h9,13,22H,7-8,10-12H2,1-6H3. The summed E-state index contributed by atoms with van der Waals surface area (Å²) < 4.78 is 7.19. The smallest absolute Gasteiger partial charge is 0.274 e. The quantitative estimate of drug-likeness (QED) is 0.895. The molecule has 1 amide bonds. The topological polar surface area (TPSA) is 67.6 Å². The van der Waals surface area contributed by atoms with Crippen LogP contribution in [-0.2, 0) is 10.3 Å².